The SMILES string of the molecule is COC(=O)c1cccc(-c2c(C)nc(OCC(CO[Si](C)(C)C(C)(C)C)CO[Si](C)(C)C(C)(C)C)nc2C)c1C. The van der Waals surface area contributed by atoms with Crippen LogP contribution < -0.4 is 4.74 Å². The molecule has 0 amide bonds. The first kappa shape index (κ1) is 34.1. The third-order valence-electron chi connectivity index (χ3n) is 8.68. The number of nitrogens with zero attached hydrogens (tertiary/aromatic N) is 2. The topological polar surface area (TPSA) is 79.8 Å². The lowest BCUT2D eigenvalue weighted by Gasteiger charge is -2.39. The molecule has 0 saturated heterocycles. The molecule has 0 bridgehead atoms. The van der Waals surface area contributed by atoms with Gasteiger partial charge in [-0.2, -0.15) is 9.97 Å². The van der Waals surface area contributed by atoms with Gasteiger partial charge in [0.15, 0.2) is 16.6 Å². The average molecular weight is 589 g/mol. The van der Waals surface area contributed by atoms with E-state index in [1.165, 1.54) is 7.11 Å². The average Bonchev–Trinajstić information content (AvgIpc) is 2.82. The van der Waals surface area contributed by atoms with Crippen molar-refractivity contribution < 1.29 is 23.1 Å². The number of carbonyl (C=O) groups is 1. The van der Waals surface area contributed by atoms with E-state index in [1.54, 1.807) is 6.07 Å². The lowest BCUT2D eigenvalue weighted by atomic mass is 9.94. The van der Waals surface area contributed by atoms with Gasteiger partial charge in [0, 0.05) is 24.7 Å². The van der Waals surface area contributed by atoms with Crippen LogP contribution >= 0.6 is 0 Å². The largest absolute Gasteiger partial charge is 0.465 e. The Kier molecular flexibility index (Phi) is 11.0. The number of ether oxygens (including phenoxy) is 2. The Morgan fingerprint density at radius 1 is 0.825 bits per heavy atom. The quantitative estimate of drug-likeness (QED) is 0.195. The predicted octanol–water partition coefficient (Wildman–Crippen LogP) is 7.89. The van der Waals surface area contributed by atoms with Crippen LogP contribution in [0.5, 0.6) is 6.01 Å². The molecule has 1 heterocycles. The summed E-state index contributed by atoms with van der Waals surface area (Å²) in [5, 5.41) is 0.240. The number of hydrogen-bond acceptors (Lipinski definition) is 7. The third kappa shape index (κ3) is 8.24. The molecule has 0 spiro atoms. The summed E-state index contributed by atoms with van der Waals surface area (Å²) < 4.78 is 24.3. The van der Waals surface area contributed by atoms with Crippen LogP contribution in [0.3, 0.4) is 0 Å². The van der Waals surface area contributed by atoms with Gasteiger partial charge >= 0.3 is 12.0 Å². The Morgan fingerprint density at radius 2 is 1.30 bits per heavy atom. The Morgan fingerprint density at radius 3 is 1.73 bits per heavy atom. The van der Waals surface area contributed by atoms with Crippen molar-refractivity contribution in [2.45, 2.75) is 98.6 Å². The van der Waals surface area contributed by atoms with E-state index in [9.17, 15) is 4.79 Å². The molecular formula is C31H52N2O5Si2. The van der Waals surface area contributed by atoms with Gasteiger partial charge in [0.05, 0.1) is 30.7 Å². The second-order valence-electron chi connectivity index (χ2n) is 13.8. The van der Waals surface area contributed by atoms with E-state index in [1.807, 2.05) is 32.9 Å². The fourth-order valence-corrected chi connectivity index (χ4v) is 5.97. The van der Waals surface area contributed by atoms with Crippen molar-refractivity contribution >= 4 is 22.6 Å². The van der Waals surface area contributed by atoms with Crippen molar-refractivity contribution in [3.8, 4) is 17.1 Å². The van der Waals surface area contributed by atoms with Crippen molar-refractivity contribution in [1.82, 2.24) is 9.97 Å². The first-order valence-electron chi connectivity index (χ1n) is 14.2. The highest BCUT2D eigenvalue weighted by molar-refractivity contribution is 6.74. The highest BCUT2D eigenvalue weighted by Gasteiger charge is 2.39. The molecular weight excluding hydrogens is 537 g/mol. The van der Waals surface area contributed by atoms with Gasteiger partial charge in [-0.1, -0.05) is 53.7 Å². The number of esters is 1. The van der Waals surface area contributed by atoms with E-state index in [4.69, 9.17) is 28.3 Å². The predicted molar refractivity (Wildman–Crippen MR) is 168 cm³/mol. The van der Waals surface area contributed by atoms with E-state index in [0.717, 1.165) is 28.1 Å². The molecule has 1 aromatic heterocycles. The van der Waals surface area contributed by atoms with Crippen LogP contribution in [0.2, 0.25) is 36.3 Å². The molecule has 9 heteroatoms. The zero-order valence-electron chi connectivity index (χ0n) is 27.4. The number of aryl methyl sites for hydroxylation is 2. The molecule has 2 rings (SSSR count). The van der Waals surface area contributed by atoms with Gasteiger partial charge in [0.25, 0.3) is 0 Å². The van der Waals surface area contributed by atoms with E-state index in [2.05, 4.69) is 67.7 Å². The molecule has 7 nitrogen and oxygen atoms in total. The zero-order valence-corrected chi connectivity index (χ0v) is 29.4. The smallest absolute Gasteiger partial charge is 0.338 e. The number of benzene rings is 1. The molecule has 0 unspecified atom stereocenters. The summed E-state index contributed by atoms with van der Waals surface area (Å²) in [6, 6.07) is 5.94. The Balaban J connectivity index is 2.29. The standard InChI is InChI=1S/C31H52N2O5Si2/c1-21-25(16-15-17-26(21)28(34)35-10)27-22(2)32-29(33-23(27)3)36-18-24(19-37-39(11,12)30(4,5)6)20-38-40(13,14)31(7,8)9/h15-17,24H,18-20H2,1-14H3. The second-order valence-corrected chi connectivity index (χ2v) is 23.5. The van der Waals surface area contributed by atoms with Gasteiger partial charge in [-0.15, -0.1) is 0 Å². The van der Waals surface area contributed by atoms with E-state index in [0.29, 0.717) is 31.4 Å². The lowest BCUT2D eigenvalue weighted by Crippen LogP contribution is -2.45. The molecule has 0 atom stereocenters. The van der Waals surface area contributed by atoms with Gasteiger partial charge in [-0.3, -0.25) is 0 Å². The molecule has 0 saturated carbocycles. The van der Waals surface area contributed by atoms with E-state index < -0.39 is 16.6 Å². The van der Waals surface area contributed by atoms with E-state index in [-0.39, 0.29) is 22.0 Å². The minimum Gasteiger partial charge on any atom is -0.465 e. The number of aromatic nitrogens is 2. The highest BCUT2D eigenvalue weighted by Crippen LogP contribution is 2.38. The van der Waals surface area contributed by atoms with Crippen molar-refractivity contribution in [2.75, 3.05) is 26.9 Å². The first-order chi connectivity index (χ1) is 18.2. The lowest BCUT2D eigenvalue weighted by molar-refractivity contribution is 0.0600. The van der Waals surface area contributed by atoms with Crippen molar-refractivity contribution in [3.05, 3.63) is 40.7 Å². The summed E-state index contributed by atoms with van der Waals surface area (Å²) in [5.41, 5.74) is 4.76. The summed E-state index contributed by atoms with van der Waals surface area (Å²) in [5.74, 6) is -0.312. The minimum absolute atomic E-state index is 0.0473. The summed E-state index contributed by atoms with van der Waals surface area (Å²) in [4.78, 5) is 21.6. The molecule has 1 aromatic carbocycles. The molecule has 0 N–H and O–H groups in total. The summed E-state index contributed by atoms with van der Waals surface area (Å²) in [6.45, 7) is 29.9. The normalized spacial score (nSPS) is 13.1. The van der Waals surface area contributed by atoms with Gasteiger partial charge in [0.2, 0.25) is 0 Å². The van der Waals surface area contributed by atoms with Crippen molar-refractivity contribution in [2.24, 2.45) is 5.92 Å². The van der Waals surface area contributed by atoms with Crippen molar-refractivity contribution in [1.29, 1.82) is 0 Å². The Bertz CT molecular complexity index is 1130. The van der Waals surface area contributed by atoms with Gasteiger partial charge in [-0.25, -0.2) is 4.79 Å². The molecule has 0 aliphatic rings. The summed E-state index contributed by atoms with van der Waals surface area (Å²) in [6.07, 6.45) is 0. The Labute approximate surface area is 244 Å². The maximum Gasteiger partial charge on any atom is 0.338 e. The molecule has 40 heavy (non-hydrogen) atoms. The number of hydrogen-bond donors (Lipinski definition) is 0. The third-order valence-corrected chi connectivity index (χ3v) is 17.7. The van der Waals surface area contributed by atoms with Crippen LogP contribution in [0, 0.1) is 26.7 Å². The minimum atomic E-state index is -1.94. The zero-order chi connectivity index (χ0) is 30.7. The van der Waals surface area contributed by atoms with Crippen LogP contribution in [0.25, 0.3) is 11.1 Å². The molecule has 0 fully saturated rings. The number of methoxy groups -OCH3 is 1. The first-order valence-corrected chi connectivity index (χ1v) is 20.0. The summed E-state index contributed by atoms with van der Waals surface area (Å²) >= 11 is 0. The van der Waals surface area contributed by atoms with Crippen LogP contribution in [0.4, 0.5) is 0 Å². The van der Waals surface area contributed by atoms with Gasteiger partial charge in [0.1, 0.15) is 0 Å². The van der Waals surface area contributed by atoms with Crippen molar-refractivity contribution in [3.63, 3.8) is 0 Å². The fourth-order valence-electron chi connectivity index (χ4n) is 3.80. The fraction of sp³-hybridized carbons (Fsp3) is 0.645. The maximum atomic E-state index is 12.2. The maximum absolute atomic E-state index is 12.2. The summed E-state index contributed by atoms with van der Waals surface area (Å²) in [7, 11) is -2.48. The van der Waals surface area contributed by atoms with Crippen LogP contribution in [0.15, 0.2) is 18.2 Å². The number of rotatable bonds is 11. The second kappa shape index (κ2) is 12.8. The van der Waals surface area contributed by atoms with Gasteiger partial charge in [-0.05, 0) is 74.2 Å². The molecule has 0 aliphatic carbocycles. The molecule has 0 radical (unpaired) electrons. The van der Waals surface area contributed by atoms with Gasteiger partial charge < -0.3 is 18.3 Å². The molecule has 224 valence electrons. The molecule has 2 aromatic rings. The van der Waals surface area contributed by atoms with Crippen LogP contribution in [0.1, 0.15) is 68.9 Å². The number of carbonyl (C=O) groups excluding carboxylic acids is 1. The monoisotopic (exact) mass is 588 g/mol. The van der Waals surface area contributed by atoms with E-state index >= 15 is 0 Å². The van der Waals surface area contributed by atoms with Crippen LogP contribution in [-0.4, -0.2) is 59.5 Å². The highest BCUT2D eigenvalue weighted by atomic mass is 28.4. The molecule has 0 aliphatic heterocycles. The Hall–Kier alpha value is -2.08. The van der Waals surface area contributed by atoms with Crippen LogP contribution in [-0.2, 0) is 13.6 Å².